The van der Waals surface area contributed by atoms with Crippen molar-refractivity contribution < 1.29 is 14.3 Å². The van der Waals surface area contributed by atoms with Gasteiger partial charge in [0.1, 0.15) is 17.4 Å². The van der Waals surface area contributed by atoms with Crippen LogP contribution < -0.4 is 4.74 Å². The first kappa shape index (κ1) is 21.4. The van der Waals surface area contributed by atoms with E-state index in [2.05, 4.69) is 42.5 Å². The van der Waals surface area contributed by atoms with Crippen molar-refractivity contribution in [3.63, 3.8) is 0 Å². The Balaban J connectivity index is 1.41. The normalized spacial score (nSPS) is 23.3. The number of benzene rings is 3. The molecule has 0 saturated heterocycles. The van der Waals surface area contributed by atoms with Crippen molar-refractivity contribution in [2.75, 3.05) is 7.11 Å². The third-order valence-corrected chi connectivity index (χ3v) is 8.73. The molecule has 3 unspecified atom stereocenters. The number of carbonyl (C=O) groups is 1. The number of aromatic nitrogens is 1. The first-order chi connectivity index (χ1) is 16.7. The van der Waals surface area contributed by atoms with E-state index in [9.17, 15) is 4.79 Å². The highest BCUT2D eigenvalue weighted by Gasteiger charge is 2.54. The molecule has 0 spiro atoms. The molecule has 4 nitrogen and oxygen atoms in total. The van der Waals surface area contributed by atoms with Crippen LogP contribution in [0.4, 0.5) is 0 Å². The standard InChI is InChI=1S/C29H27NO3S/c1-32-28(31)23-14-13-22(33-18-27-30-25-9-5-6-10-26(25)34-27)16-24(23)29(20-7-3-2-4-8-20)17-19-11-12-21(29)15-19/h2-10,13-14,16,19,21H,11-12,15,17-18H2,1H3. The van der Waals surface area contributed by atoms with Crippen LogP contribution in [0.2, 0.25) is 0 Å². The zero-order valence-electron chi connectivity index (χ0n) is 19.2. The van der Waals surface area contributed by atoms with Gasteiger partial charge in [-0.15, -0.1) is 11.3 Å². The SMILES string of the molecule is COC(=O)c1ccc(OCc2nc3ccccc3s2)cc1C1(c2ccccc2)CC2CCC1C2. The minimum atomic E-state index is -0.286. The van der Waals surface area contributed by atoms with Crippen LogP contribution in [0, 0.1) is 11.8 Å². The summed E-state index contributed by atoms with van der Waals surface area (Å²) in [6.45, 7) is 0.404. The summed E-state index contributed by atoms with van der Waals surface area (Å²) in [7, 11) is 1.46. The topological polar surface area (TPSA) is 48.4 Å². The highest BCUT2D eigenvalue weighted by atomic mass is 32.1. The average molecular weight is 470 g/mol. The minimum absolute atomic E-state index is 0.192. The molecular formula is C29H27NO3S. The lowest BCUT2D eigenvalue weighted by molar-refractivity contribution is 0.0597. The van der Waals surface area contributed by atoms with Gasteiger partial charge in [0.15, 0.2) is 0 Å². The first-order valence-electron chi connectivity index (χ1n) is 11.9. The molecule has 1 aromatic heterocycles. The van der Waals surface area contributed by atoms with Crippen LogP contribution in [0.1, 0.15) is 52.2 Å². The summed E-state index contributed by atoms with van der Waals surface area (Å²) in [4.78, 5) is 17.6. The molecule has 2 aliphatic carbocycles. The molecule has 3 aromatic carbocycles. The Morgan fingerprint density at radius 2 is 1.88 bits per heavy atom. The molecule has 0 aliphatic heterocycles. The molecule has 3 atom stereocenters. The van der Waals surface area contributed by atoms with Crippen LogP contribution in [0.5, 0.6) is 5.75 Å². The molecule has 2 bridgehead atoms. The highest BCUT2D eigenvalue weighted by molar-refractivity contribution is 7.18. The van der Waals surface area contributed by atoms with E-state index in [-0.39, 0.29) is 11.4 Å². The van der Waals surface area contributed by atoms with E-state index in [1.54, 1.807) is 11.3 Å². The summed E-state index contributed by atoms with van der Waals surface area (Å²) >= 11 is 1.65. The maximum absolute atomic E-state index is 12.9. The number of rotatable bonds is 6. The smallest absolute Gasteiger partial charge is 0.338 e. The fourth-order valence-electron chi connectivity index (χ4n) is 6.30. The number of nitrogens with zero attached hydrogens (tertiary/aromatic N) is 1. The number of esters is 1. The van der Waals surface area contributed by atoms with Crippen LogP contribution in [0.15, 0.2) is 72.8 Å². The van der Waals surface area contributed by atoms with Gasteiger partial charge in [-0.1, -0.05) is 48.9 Å². The maximum atomic E-state index is 12.9. The van der Waals surface area contributed by atoms with E-state index in [1.165, 1.54) is 31.9 Å². The Bertz CT molecular complexity index is 1320. The predicted octanol–water partition coefficient (Wildman–Crippen LogP) is 6.77. The molecule has 0 amide bonds. The molecule has 34 heavy (non-hydrogen) atoms. The molecule has 2 aliphatic rings. The number of ether oxygens (including phenoxy) is 2. The number of hydrogen-bond donors (Lipinski definition) is 0. The fourth-order valence-corrected chi connectivity index (χ4v) is 7.18. The van der Waals surface area contributed by atoms with Gasteiger partial charge in [0.05, 0.1) is 22.9 Å². The quantitative estimate of drug-likeness (QED) is 0.293. The van der Waals surface area contributed by atoms with Gasteiger partial charge in [0, 0.05) is 5.41 Å². The number of hydrogen-bond acceptors (Lipinski definition) is 5. The Labute approximate surface area is 203 Å². The van der Waals surface area contributed by atoms with Crippen molar-refractivity contribution >= 4 is 27.5 Å². The van der Waals surface area contributed by atoms with E-state index in [1.807, 2.05) is 30.3 Å². The van der Waals surface area contributed by atoms with Crippen LogP contribution in [-0.2, 0) is 16.8 Å². The Morgan fingerprint density at radius 1 is 1.06 bits per heavy atom. The van der Waals surface area contributed by atoms with E-state index in [4.69, 9.17) is 14.5 Å². The van der Waals surface area contributed by atoms with Gasteiger partial charge in [-0.25, -0.2) is 9.78 Å². The minimum Gasteiger partial charge on any atom is -0.486 e. The molecule has 2 saturated carbocycles. The Morgan fingerprint density at radius 3 is 2.62 bits per heavy atom. The van der Waals surface area contributed by atoms with Gasteiger partial charge in [0.2, 0.25) is 0 Å². The zero-order valence-corrected chi connectivity index (χ0v) is 20.0. The van der Waals surface area contributed by atoms with Gasteiger partial charge >= 0.3 is 5.97 Å². The molecule has 2 fully saturated rings. The Kier molecular flexibility index (Phi) is 5.37. The van der Waals surface area contributed by atoms with Crippen molar-refractivity contribution in [2.45, 2.75) is 37.7 Å². The average Bonchev–Trinajstić information content (AvgIpc) is 3.62. The van der Waals surface area contributed by atoms with Gasteiger partial charge < -0.3 is 9.47 Å². The summed E-state index contributed by atoms with van der Waals surface area (Å²) < 4.78 is 12.6. The van der Waals surface area contributed by atoms with E-state index >= 15 is 0 Å². The summed E-state index contributed by atoms with van der Waals surface area (Å²) in [6.07, 6.45) is 4.75. The van der Waals surface area contributed by atoms with Gasteiger partial charge in [0.25, 0.3) is 0 Å². The third kappa shape index (κ3) is 3.50. The first-order valence-corrected chi connectivity index (χ1v) is 12.7. The molecule has 1 heterocycles. The molecular weight excluding hydrogens is 442 g/mol. The van der Waals surface area contributed by atoms with Crippen molar-refractivity contribution in [3.05, 3.63) is 94.5 Å². The Hall–Kier alpha value is -3.18. The highest BCUT2D eigenvalue weighted by Crippen LogP contribution is 2.60. The van der Waals surface area contributed by atoms with E-state index < -0.39 is 0 Å². The second kappa shape index (κ2) is 8.55. The summed E-state index contributed by atoms with van der Waals surface area (Å²) in [5.41, 5.74) is 3.78. The lowest BCUT2D eigenvalue weighted by Gasteiger charge is -2.40. The van der Waals surface area contributed by atoms with Gasteiger partial charge in [-0.3, -0.25) is 0 Å². The van der Waals surface area contributed by atoms with Crippen LogP contribution >= 0.6 is 11.3 Å². The molecule has 6 rings (SSSR count). The molecule has 4 aromatic rings. The van der Waals surface area contributed by atoms with Crippen molar-refractivity contribution in [1.82, 2.24) is 4.98 Å². The lowest BCUT2D eigenvalue weighted by Crippen LogP contribution is -2.35. The number of methoxy groups -OCH3 is 1. The fraction of sp³-hybridized carbons (Fsp3) is 0.310. The van der Waals surface area contributed by atoms with Crippen LogP contribution in [0.25, 0.3) is 10.2 Å². The predicted molar refractivity (Wildman–Crippen MR) is 134 cm³/mol. The summed E-state index contributed by atoms with van der Waals surface area (Å²) in [5.74, 6) is 1.69. The number of fused-ring (bicyclic) bond motifs is 3. The van der Waals surface area contributed by atoms with Gasteiger partial charge in [-0.2, -0.15) is 0 Å². The van der Waals surface area contributed by atoms with Crippen molar-refractivity contribution in [3.8, 4) is 5.75 Å². The molecule has 0 N–H and O–H groups in total. The molecule has 5 heteroatoms. The second-order valence-corrected chi connectivity index (χ2v) is 10.6. The third-order valence-electron chi connectivity index (χ3n) is 7.72. The number of para-hydroxylation sites is 1. The summed E-state index contributed by atoms with van der Waals surface area (Å²) in [5, 5.41) is 0.942. The lowest BCUT2D eigenvalue weighted by atomic mass is 9.63. The van der Waals surface area contributed by atoms with E-state index in [0.717, 1.165) is 33.0 Å². The van der Waals surface area contributed by atoms with Crippen molar-refractivity contribution in [2.24, 2.45) is 11.8 Å². The second-order valence-electron chi connectivity index (χ2n) is 9.48. The van der Waals surface area contributed by atoms with Crippen LogP contribution in [-0.4, -0.2) is 18.1 Å². The van der Waals surface area contributed by atoms with Crippen molar-refractivity contribution in [1.29, 1.82) is 0 Å². The molecule has 0 radical (unpaired) electrons. The van der Waals surface area contributed by atoms with Crippen LogP contribution in [0.3, 0.4) is 0 Å². The monoisotopic (exact) mass is 469 g/mol. The van der Waals surface area contributed by atoms with Gasteiger partial charge in [-0.05, 0) is 72.6 Å². The number of thiazole rings is 1. The summed E-state index contributed by atoms with van der Waals surface area (Å²) in [6, 6.07) is 24.7. The van der Waals surface area contributed by atoms with E-state index in [0.29, 0.717) is 24.0 Å². The zero-order chi connectivity index (χ0) is 23.1. The number of carbonyl (C=O) groups excluding carboxylic acids is 1. The molecule has 172 valence electrons. The largest absolute Gasteiger partial charge is 0.486 e. The maximum Gasteiger partial charge on any atom is 0.338 e.